The van der Waals surface area contributed by atoms with Crippen LogP contribution < -0.4 is 5.73 Å². The van der Waals surface area contributed by atoms with E-state index >= 15 is 0 Å². The van der Waals surface area contributed by atoms with Crippen LogP contribution in [0.15, 0.2) is 23.0 Å². The maximum atomic E-state index is 5.93. The van der Waals surface area contributed by atoms with Crippen LogP contribution in [0.1, 0.15) is 48.7 Å². The van der Waals surface area contributed by atoms with Crippen molar-refractivity contribution < 1.29 is 4.42 Å². The Bertz CT molecular complexity index is 510. The molecule has 0 radical (unpaired) electrons. The molecule has 2 atom stereocenters. The number of hydrogen-bond donors (Lipinski definition) is 1. The zero-order valence-corrected chi connectivity index (χ0v) is 10.8. The summed E-state index contributed by atoms with van der Waals surface area (Å²) in [4.78, 5) is 4.18. The molecule has 0 bridgehead atoms. The van der Waals surface area contributed by atoms with Crippen molar-refractivity contribution in [3.8, 4) is 0 Å². The van der Waals surface area contributed by atoms with Gasteiger partial charge in [0.1, 0.15) is 11.5 Å². The third kappa shape index (κ3) is 2.13. The van der Waals surface area contributed by atoms with E-state index in [-0.39, 0.29) is 12.1 Å². The fraction of sp³-hybridized carbons (Fsp3) is 0.462. The molecule has 2 heterocycles. The van der Waals surface area contributed by atoms with Gasteiger partial charge in [0.2, 0.25) is 0 Å². The Kier molecular flexibility index (Phi) is 3.07. The summed E-state index contributed by atoms with van der Waals surface area (Å²) in [6, 6.07) is 2.24. The molecule has 4 nitrogen and oxygen atoms in total. The minimum Gasteiger partial charge on any atom is -0.466 e. The van der Waals surface area contributed by atoms with E-state index in [1.807, 2.05) is 33.3 Å². The van der Waals surface area contributed by atoms with Gasteiger partial charge in [0, 0.05) is 17.8 Å². The standard InChI is InChI=1S/C13H19N3O/c1-8-5-12(11(4)17-8)10(3)16-7-15-6-13(16)9(2)14/h5-7,9-10H,14H2,1-4H3/t9-,10?/m0/s1. The summed E-state index contributed by atoms with van der Waals surface area (Å²) in [5.41, 5.74) is 8.15. The fourth-order valence-corrected chi connectivity index (χ4v) is 2.21. The Morgan fingerprint density at radius 1 is 1.35 bits per heavy atom. The highest BCUT2D eigenvalue weighted by Gasteiger charge is 2.17. The first-order valence-corrected chi connectivity index (χ1v) is 5.85. The summed E-state index contributed by atoms with van der Waals surface area (Å²) in [7, 11) is 0. The number of aryl methyl sites for hydroxylation is 2. The summed E-state index contributed by atoms with van der Waals surface area (Å²) < 4.78 is 7.67. The molecule has 2 aromatic heterocycles. The van der Waals surface area contributed by atoms with Gasteiger partial charge in [0.05, 0.1) is 18.1 Å². The van der Waals surface area contributed by atoms with Crippen LogP contribution in [0.3, 0.4) is 0 Å². The highest BCUT2D eigenvalue weighted by atomic mass is 16.3. The van der Waals surface area contributed by atoms with E-state index in [1.165, 1.54) is 5.56 Å². The van der Waals surface area contributed by atoms with Crippen LogP contribution in [0.2, 0.25) is 0 Å². The third-order valence-electron chi connectivity index (χ3n) is 3.11. The molecule has 2 aromatic rings. The lowest BCUT2D eigenvalue weighted by Crippen LogP contribution is -2.15. The molecule has 0 aliphatic heterocycles. The number of aromatic nitrogens is 2. The highest BCUT2D eigenvalue weighted by Crippen LogP contribution is 2.26. The summed E-state index contributed by atoms with van der Waals surface area (Å²) in [5, 5.41) is 0. The average molecular weight is 233 g/mol. The second kappa shape index (κ2) is 4.37. The van der Waals surface area contributed by atoms with Crippen LogP contribution in [0.4, 0.5) is 0 Å². The van der Waals surface area contributed by atoms with Crippen LogP contribution in [0.25, 0.3) is 0 Å². The quantitative estimate of drug-likeness (QED) is 0.886. The van der Waals surface area contributed by atoms with Gasteiger partial charge in [-0.2, -0.15) is 0 Å². The number of nitrogens with two attached hydrogens (primary N) is 1. The van der Waals surface area contributed by atoms with Gasteiger partial charge in [-0.05, 0) is 33.8 Å². The van der Waals surface area contributed by atoms with Crippen molar-refractivity contribution in [2.24, 2.45) is 5.73 Å². The molecule has 0 fully saturated rings. The van der Waals surface area contributed by atoms with E-state index in [9.17, 15) is 0 Å². The van der Waals surface area contributed by atoms with E-state index in [4.69, 9.17) is 10.2 Å². The number of hydrogen-bond acceptors (Lipinski definition) is 3. The molecule has 0 aromatic carbocycles. The van der Waals surface area contributed by atoms with Crippen LogP contribution in [0.5, 0.6) is 0 Å². The van der Waals surface area contributed by atoms with Gasteiger partial charge in [-0.15, -0.1) is 0 Å². The molecule has 0 aliphatic rings. The average Bonchev–Trinajstić information content (AvgIpc) is 2.83. The van der Waals surface area contributed by atoms with Crippen LogP contribution >= 0.6 is 0 Å². The zero-order chi connectivity index (χ0) is 12.6. The topological polar surface area (TPSA) is 57.0 Å². The number of rotatable bonds is 3. The Morgan fingerprint density at radius 3 is 2.59 bits per heavy atom. The van der Waals surface area contributed by atoms with Gasteiger partial charge in [0.15, 0.2) is 0 Å². The van der Waals surface area contributed by atoms with Crippen molar-refractivity contribution >= 4 is 0 Å². The second-order valence-corrected chi connectivity index (χ2v) is 4.56. The Morgan fingerprint density at radius 2 is 2.06 bits per heavy atom. The van der Waals surface area contributed by atoms with Gasteiger partial charge in [-0.1, -0.05) is 0 Å². The maximum absolute atomic E-state index is 5.93. The minimum atomic E-state index is -0.0201. The molecule has 0 amide bonds. The monoisotopic (exact) mass is 233 g/mol. The lowest BCUT2D eigenvalue weighted by molar-refractivity contribution is 0.491. The smallest absolute Gasteiger partial charge is 0.106 e. The van der Waals surface area contributed by atoms with Gasteiger partial charge in [0.25, 0.3) is 0 Å². The van der Waals surface area contributed by atoms with Crippen molar-refractivity contribution in [1.29, 1.82) is 0 Å². The molecule has 0 saturated carbocycles. The van der Waals surface area contributed by atoms with Gasteiger partial charge in [-0.3, -0.25) is 0 Å². The molecule has 2 rings (SSSR count). The zero-order valence-electron chi connectivity index (χ0n) is 10.8. The largest absolute Gasteiger partial charge is 0.466 e. The molecule has 17 heavy (non-hydrogen) atoms. The lowest BCUT2D eigenvalue weighted by Gasteiger charge is -2.17. The molecular weight excluding hydrogens is 214 g/mol. The van der Waals surface area contributed by atoms with Gasteiger partial charge in [-0.25, -0.2) is 4.98 Å². The van der Waals surface area contributed by atoms with E-state index < -0.39 is 0 Å². The molecule has 0 aliphatic carbocycles. The maximum Gasteiger partial charge on any atom is 0.106 e. The Balaban J connectivity index is 2.40. The Hall–Kier alpha value is -1.55. The van der Waals surface area contributed by atoms with Crippen LogP contribution in [0, 0.1) is 13.8 Å². The number of imidazole rings is 1. The summed E-state index contributed by atoms with van der Waals surface area (Å²) >= 11 is 0. The molecule has 0 spiro atoms. The number of furan rings is 1. The molecule has 92 valence electrons. The molecule has 1 unspecified atom stereocenters. The SMILES string of the molecule is Cc1cc(C(C)n2cncc2[C@H](C)N)c(C)o1. The van der Waals surface area contributed by atoms with Crippen molar-refractivity contribution in [3.05, 3.63) is 41.4 Å². The molecule has 2 N–H and O–H groups in total. The molecule has 4 heteroatoms. The van der Waals surface area contributed by atoms with Crippen molar-refractivity contribution in [1.82, 2.24) is 9.55 Å². The predicted octanol–water partition coefficient (Wildman–Crippen LogP) is 2.72. The summed E-state index contributed by atoms with van der Waals surface area (Å²) in [6.07, 6.45) is 3.65. The normalized spacial score (nSPS) is 14.9. The minimum absolute atomic E-state index is 0.0201. The first kappa shape index (κ1) is 11.9. The highest BCUT2D eigenvalue weighted by molar-refractivity contribution is 5.25. The van der Waals surface area contributed by atoms with Gasteiger partial charge >= 0.3 is 0 Å². The van der Waals surface area contributed by atoms with E-state index in [0.717, 1.165) is 17.2 Å². The predicted molar refractivity (Wildman–Crippen MR) is 66.8 cm³/mol. The molecule has 0 saturated heterocycles. The first-order valence-electron chi connectivity index (χ1n) is 5.85. The Labute approximate surface area is 101 Å². The number of nitrogens with zero attached hydrogens (tertiary/aromatic N) is 2. The van der Waals surface area contributed by atoms with Crippen LogP contribution in [-0.2, 0) is 0 Å². The lowest BCUT2D eigenvalue weighted by atomic mass is 10.1. The van der Waals surface area contributed by atoms with Crippen molar-refractivity contribution in [2.45, 2.75) is 39.8 Å². The van der Waals surface area contributed by atoms with Crippen LogP contribution in [-0.4, -0.2) is 9.55 Å². The van der Waals surface area contributed by atoms with E-state index in [2.05, 4.69) is 22.5 Å². The van der Waals surface area contributed by atoms with E-state index in [0.29, 0.717) is 0 Å². The van der Waals surface area contributed by atoms with E-state index in [1.54, 1.807) is 0 Å². The van der Waals surface area contributed by atoms with Crippen molar-refractivity contribution in [3.63, 3.8) is 0 Å². The summed E-state index contributed by atoms with van der Waals surface area (Å²) in [5.74, 6) is 1.89. The second-order valence-electron chi connectivity index (χ2n) is 4.56. The van der Waals surface area contributed by atoms with Gasteiger partial charge < -0.3 is 14.7 Å². The third-order valence-corrected chi connectivity index (χ3v) is 3.11. The first-order chi connectivity index (χ1) is 8.00. The fourth-order valence-electron chi connectivity index (χ4n) is 2.21. The van der Waals surface area contributed by atoms with Crippen molar-refractivity contribution in [2.75, 3.05) is 0 Å². The molecular formula is C13H19N3O. The summed E-state index contributed by atoms with van der Waals surface area (Å²) in [6.45, 7) is 8.05.